The molecule has 2 aliphatic carbocycles. The van der Waals surface area contributed by atoms with Crippen LogP contribution in [-0.4, -0.2) is 11.4 Å². The first-order chi connectivity index (χ1) is 23.3. The van der Waals surface area contributed by atoms with Crippen LogP contribution >= 0.6 is 92.2 Å². The summed E-state index contributed by atoms with van der Waals surface area (Å²) in [6.07, 6.45) is 11.7. The molecule has 0 nitrogen and oxygen atoms in total. The van der Waals surface area contributed by atoms with Gasteiger partial charge in [-0.1, -0.05) is 164 Å². The van der Waals surface area contributed by atoms with E-state index in [0.717, 1.165) is 22.4 Å². The predicted octanol–water partition coefficient (Wildman–Crippen LogP) is 15.1. The summed E-state index contributed by atoms with van der Waals surface area (Å²) < 4.78 is 0. The zero-order chi connectivity index (χ0) is 39.1. The van der Waals surface area contributed by atoms with Gasteiger partial charge in [0.05, 0.1) is 0 Å². The van der Waals surface area contributed by atoms with Crippen molar-refractivity contribution in [2.75, 3.05) is 0 Å². The fourth-order valence-corrected chi connectivity index (χ4v) is 5.54. The Bertz CT molecular complexity index is 1080. The number of benzene rings is 3. The van der Waals surface area contributed by atoms with Crippen LogP contribution in [0.2, 0.25) is 5.02 Å². The van der Waals surface area contributed by atoms with Gasteiger partial charge in [-0.15, -0.1) is 0 Å². The van der Waals surface area contributed by atoms with Crippen LogP contribution in [0, 0.1) is 66.7 Å². The zero-order valence-electron chi connectivity index (χ0n) is 32.6. The number of hydrogen-bond acceptors (Lipinski definition) is 0. The molecule has 3 aromatic rings. The molecule has 0 amide bonds. The molecule has 2 aliphatic rings. The quantitative estimate of drug-likeness (QED) is 0.155. The van der Waals surface area contributed by atoms with Crippen LogP contribution in [0.5, 0.6) is 0 Å². The summed E-state index contributed by atoms with van der Waals surface area (Å²) in [5, 5.41) is 0.848. The van der Waals surface area contributed by atoms with Gasteiger partial charge >= 0.3 is 103 Å². The monoisotopic (exact) mass is 1070 g/mol. The third-order valence-corrected chi connectivity index (χ3v) is 7.53. The maximum Gasteiger partial charge on any atom is 3.00 e. The maximum absolute atomic E-state index is 5.78. The first-order valence-corrected chi connectivity index (χ1v) is 29.6. The standard InChI is InChI=1S/C9H17.C8H9Cl.2C8H10.C5H10.CH3.Al.9ClH.3Fe/c1-7-4-8(2)6-9(3)5-7;1-6-3-4-8(9)7(2)5-6;2*1-7-4-3-5-8(2)6-7;1-2-4-5-3-1;;;;;;;;;;;;;;/h7-8H,4-6H2,1-3H3;3-5H,1-2H3;2*3-6H,1-2H3;1-5H2;1H3;;9*1H;;;/q-1;;;;;-1;+3;;;;;;;;;;+2;2*+3/p-9. The van der Waals surface area contributed by atoms with E-state index in [1.54, 1.807) is 5.92 Å². The Labute approximate surface area is 396 Å². The van der Waals surface area contributed by atoms with Crippen molar-refractivity contribution >= 4 is 104 Å². The maximum atomic E-state index is 5.78. The summed E-state index contributed by atoms with van der Waals surface area (Å²) in [6, 6.07) is 22.9. The molecule has 0 heterocycles. The van der Waals surface area contributed by atoms with E-state index >= 15 is 0 Å². The average Bonchev–Trinajstić information content (AvgIpc) is 3.56. The van der Waals surface area contributed by atoms with Crippen LogP contribution in [0.15, 0.2) is 66.7 Å². The zero-order valence-corrected chi connectivity index (χ0v) is 44.6. The normalized spacial score (nSPS) is 15.1. The molecule has 0 aliphatic heterocycles. The summed E-state index contributed by atoms with van der Waals surface area (Å²) >= 11 is 2.92. The first kappa shape index (κ1) is 67.4. The molecular weight excluding hydrogens is 1020 g/mol. The molecule has 312 valence electrons. The fourth-order valence-electron chi connectivity index (χ4n) is 5.42. The molecule has 0 N–H and O–H groups in total. The van der Waals surface area contributed by atoms with Gasteiger partial charge in [-0.05, 0) is 53.2 Å². The van der Waals surface area contributed by atoms with E-state index < -0.39 is 22.6 Å². The molecule has 14 heteroatoms. The van der Waals surface area contributed by atoms with E-state index in [1.165, 1.54) is 79.2 Å². The topological polar surface area (TPSA) is 0 Å². The van der Waals surface area contributed by atoms with Crippen molar-refractivity contribution < 1.29 is 53.8 Å². The summed E-state index contributed by atoms with van der Waals surface area (Å²) in [4.78, 5) is 0. The van der Waals surface area contributed by atoms with Gasteiger partial charge in [0.2, 0.25) is 0 Å². The molecule has 0 saturated heterocycles. The third kappa shape index (κ3) is 54.7. The minimum atomic E-state index is -1.72. The van der Waals surface area contributed by atoms with Crippen LogP contribution in [0.25, 0.3) is 0 Å². The minimum Gasteiger partial charge on any atom is 3.00 e. The smallest absolute Gasteiger partial charge is 3.00 e. The predicted molar refractivity (Wildman–Crippen MR) is 236 cm³/mol. The molecule has 2 unspecified atom stereocenters. The Morgan fingerprint density at radius 2 is 0.906 bits per heavy atom. The molecule has 0 spiro atoms. The van der Waals surface area contributed by atoms with Crippen LogP contribution in [0.3, 0.4) is 0 Å². The largest absolute Gasteiger partial charge is 3.00 e. The van der Waals surface area contributed by atoms with Gasteiger partial charge in [0.1, 0.15) is 0 Å². The van der Waals surface area contributed by atoms with Crippen LogP contribution in [-0.2, 0) is 41.4 Å². The Hall–Kier alpha value is 2.65. The van der Waals surface area contributed by atoms with Gasteiger partial charge in [-0.3, -0.25) is 0 Å². The third-order valence-electron chi connectivity index (χ3n) is 7.11. The molecule has 3 aromatic carbocycles. The van der Waals surface area contributed by atoms with Gasteiger partial charge in [0.25, 0.3) is 0 Å². The minimum absolute atomic E-state index is 0. The second-order valence-electron chi connectivity index (χ2n) is 12.6. The SMILES string of the molecule is C1CCCC1.C[C-]1CC(C)CC(C)C1.Cc1ccc(Cl)c(C)c1.Cc1cccc(C)c1.Cc1cccc(C)c1.[CH3-].[Cl-].[Cl][Al]([Cl])[Cl].[Cl][Fe]([Cl])[Cl].[Cl][Fe][Cl].[Fe+3]. The second-order valence-corrected chi connectivity index (χ2v) is 26.7. The van der Waals surface area contributed by atoms with Crippen molar-refractivity contribution in [3.8, 4) is 0 Å². The van der Waals surface area contributed by atoms with E-state index in [1.807, 2.05) is 19.1 Å². The molecule has 53 heavy (non-hydrogen) atoms. The second kappa shape index (κ2) is 45.7. The number of halogens is 10. The van der Waals surface area contributed by atoms with Gasteiger partial charge in [0, 0.05) is 5.02 Å². The van der Waals surface area contributed by atoms with Gasteiger partial charge < -0.3 is 25.8 Å². The van der Waals surface area contributed by atoms with Crippen LogP contribution in [0.4, 0.5) is 0 Å². The van der Waals surface area contributed by atoms with Gasteiger partial charge in [0.15, 0.2) is 0 Å². The summed E-state index contributed by atoms with van der Waals surface area (Å²) in [6.45, 7) is 19.5. The molecule has 0 bridgehead atoms. The average molecular weight is 1080 g/mol. The molecule has 5 rings (SSSR count). The van der Waals surface area contributed by atoms with E-state index in [0.29, 0.717) is 0 Å². The number of hydrogen-bond donors (Lipinski definition) is 0. The van der Waals surface area contributed by atoms with Crippen molar-refractivity contribution in [2.24, 2.45) is 11.8 Å². The van der Waals surface area contributed by atoms with Crippen molar-refractivity contribution in [3.05, 3.63) is 118 Å². The molecule has 2 atom stereocenters. The van der Waals surface area contributed by atoms with E-state index in [-0.39, 0.29) is 50.0 Å². The van der Waals surface area contributed by atoms with E-state index in [9.17, 15) is 0 Å². The Morgan fingerprint density at radius 1 is 0.642 bits per heavy atom. The Kier molecular flexibility index (Phi) is 58.2. The van der Waals surface area contributed by atoms with Crippen molar-refractivity contribution in [1.82, 2.24) is 0 Å². The summed E-state index contributed by atoms with van der Waals surface area (Å²) in [5.41, 5.74) is 7.76. The van der Waals surface area contributed by atoms with E-state index in [2.05, 4.69) is 110 Å². The van der Waals surface area contributed by atoms with Gasteiger partial charge in [-0.2, -0.15) is 19.8 Å². The summed E-state index contributed by atoms with van der Waals surface area (Å²) in [5.74, 6) is 3.61. The van der Waals surface area contributed by atoms with Crippen molar-refractivity contribution in [1.29, 1.82) is 0 Å². The van der Waals surface area contributed by atoms with Gasteiger partial charge in [-0.25, -0.2) is 30.1 Å². The summed E-state index contributed by atoms with van der Waals surface area (Å²) in [7, 11) is 39.0. The van der Waals surface area contributed by atoms with Crippen molar-refractivity contribution in [2.45, 2.75) is 114 Å². The van der Waals surface area contributed by atoms with Crippen LogP contribution in [0.1, 0.15) is 106 Å². The molecule has 2 fully saturated rings. The molecule has 1 radical (unpaired) electrons. The Morgan fingerprint density at radius 3 is 1.09 bits per heavy atom. The molecule has 0 aromatic heterocycles. The Balaban J connectivity index is -0.000000121. The van der Waals surface area contributed by atoms with E-state index in [4.69, 9.17) is 92.2 Å². The number of aryl methyl sites for hydroxylation is 6. The van der Waals surface area contributed by atoms with Crippen molar-refractivity contribution in [3.63, 3.8) is 0 Å². The fraction of sp³-hybridized carbons (Fsp3) is 0.487. The molecular formula is C39H59AlCl10Fe3. The van der Waals surface area contributed by atoms with Crippen LogP contribution < -0.4 is 12.4 Å². The molecule has 2 saturated carbocycles. The number of rotatable bonds is 0. The first-order valence-electron chi connectivity index (χ1n) is 16.4.